The van der Waals surface area contributed by atoms with Crippen molar-refractivity contribution >= 4 is 22.4 Å². The van der Waals surface area contributed by atoms with Crippen LogP contribution in [-0.2, 0) is 0 Å². The molecule has 0 aliphatic rings. The van der Waals surface area contributed by atoms with Crippen LogP contribution in [0.5, 0.6) is 0 Å². The lowest BCUT2D eigenvalue weighted by atomic mass is 10.1. The number of hydrogen-bond donors (Lipinski definition) is 1. The van der Waals surface area contributed by atoms with Gasteiger partial charge in [0.2, 0.25) is 5.78 Å². The van der Waals surface area contributed by atoms with E-state index in [2.05, 4.69) is 9.97 Å². The molecule has 2 aromatic carbocycles. The number of hydrogen-bond acceptors (Lipinski definition) is 4. The number of carbonyl (C=O) groups is 1. The van der Waals surface area contributed by atoms with Crippen molar-refractivity contribution in [3.8, 4) is 0 Å². The maximum Gasteiger partial charge on any atom is 0.211 e. The third kappa shape index (κ3) is 4.06. The Hall–Kier alpha value is -3.53. The summed E-state index contributed by atoms with van der Waals surface area (Å²) < 4.78 is 0. The number of ketones is 1. The topological polar surface area (TPSA) is 68.9 Å². The minimum Gasteiger partial charge on any atom is -0.397 e. The number of nitrogens with zero attached hydrogens (tertiary/aromatic N) is 2. The van der Waals surface area contributed by atoms with Crippen molar-refractivity contribution in [2.45, 2.75) is 0 Å². The molecule has 2 heterocycles. The van der Waals surface area contributed by atoms with Gasteiger partial charge in [0.25, 0.3) is 0 Å². The average Bonchev–Trinajstić information content (AvgIpc) is 2.70. The van der Waals surface area contributed by atoms with Crippen LogP contribution in [0.15, 0.2) is 91.3 Å². The zero-order valence-electron chi connectivity index (χ0n) is 13.5. The Morgan fingerprint density at radius 2 is 1.44 bits per heavy atom. The highest BCUT2D eigenvalue weighted by molar-refractivity contribution is 6.07. The van der Waals surface area contributed by atoms with Crippen molar-refractivity contribution in [1.82, 2.24) is 9.97 Å². The van der Waals surface area contributed by atoms with Gasteiger partial charge in [0.05, 0.1) is 11.2 Å². The summed E-state index contributed by atoms with van der Waals surface area (Å²) in [4.78, 5) is 19.9. The molecule has 2 N–H and O–H groups in total. The van der Waals surface area contributed by atoms with Crippen LogP contribution in [0.4, 0.5) is 5.69 Å². The number of nitrogens with two attached hydrogens (primary N) is 1. The van der Waals surface area contributed by atoms with Crippen LogP contribution in [0.3, 0.4) is 0 Å². The van der Waals surface area contributed by atoms with E-state index in [9.17, 15) is 4.79 Å². The molecule has 2 aromatic heterocycles. The number of pyridine rings is 2. The van der Waals surface area contributed by atoms with Crippen LogP contribution in [0.1, 0.15) is 16.1 Å². The van der Waals surface area contributed by atoms with E-state index in [1.807, 2.05) is 54.6 Å². The summed E-state index contributed by atoms with van der Waals surface area (Å²) in [5.41, 5.74) is 8.47. The zero-order valence-corrected chi connectivity index (χ0v) is 13.5. The normalized spacial score (nSPS) is 9.92. The second-order valence-corrected chi connectivity index (χ2v) is 5.33. The van der Waals surface area contributed by atoms with E-state index in [-0.39, 0.29) is 5.78 Å². The van der Waals surface area contributed by atoms with Crippen molar-refractivity contribution in [3.05, 3.63) is 103 Å². The third-order valence-electron chi connectivity index (χ3n) is 3.60. The molecule has 0 atom stereocenters. The number of nitrogen functional groups attached to an aromatic ring is 1. The fourth-order valence-electron chi connectivity index (χ4n) is 2.36. The minimum atomic E-state index is -0.0359. The highest BCUT2D eigenvalue weighted by Gasteiger charge is 2.07. The van der Waals surface area contributed by atoms with Gasteiger partial charge < -0.3 is 5.73 Å². The second kappa shape index (κ2) is 7.84. The fraction of sp³-hybridized carbons (Fsp3) is 0. The number of carbonyl (C=O) groups excluding carboxylic acids is 1. The van der Waals surface area contributed by atoms with E-state index in [1.165, 1.54) is 0 Å². The lowest BCUT2D eigenvalue weighted by Gasteiger charge is -1.98. The molecule has 0 radical (unpaired) electrons. The Bertz CT molecular complexity index is 923. The number of para-hydroxylation sites is 1. The van der Waals surface area contributed by atoms with Crippen molar-refractivity contribution < 1.29 is 4.79 Å². The summed E-state index contributed by atoms with van der Waals surface area (Å²) in [7, 11) is 0. The Kier molecular flexibility index (Phi) is 5.12. The van der Waals surface area contributed by atoms with Crippen molar-refractivity contribution in [1.29, 1.82) is 0 Å². The lowest BCUT2D eigenvalue weighted by Crippen LogP contribution is -2.02. The first-order valence-electron chi connectivity index (χ1n) is 7.86. The molecule has 4 heteroatoms. The zero-order chi connectivity index (χ0) is 17.5. The molecule has 0 aliphatic carbocycles. The van der Waals surface area contributed by atoms with Crippen LogP contribution in [-0.4, -0.2) is 15.8 Å². The van der Waals surface area contributed by atoms with E-state index in [1.54, 1.807) is 36.7 Å². The van der Waals surface area contributed by atoms with Crippen LogP contribution in [0.2, 0.25) is 0 Å². The SMILES string of the molecule is Nc1cccc2cccnc12.O=C(c1ccccc1)c1ccccn1. The molecule has 25 heavy (non-hydrogen) atoms. The molecule has 0 aliphatic heterocycles. The average molecular weight is 327 g/mol. The summed E-state index contributed by atoms with van der Waals surface area (Å²) in [6.45, 7) is 0. The predicted octanol–water partition coefficient (Wildman–Crippen LogP) is 4.13. The first kappa shape index (κ1) is 16.3. The van der Waals surface area contributed by atoms with Crippen LogP contribution < -0.4 is 5.73 Å². The van der Waals surface area contributed by atoms with Crippen molar-refractivity contribution in [2.75, 3.05) is 5.73 Å². The lowest BCUT2D eigenvalue weighted by molar-refractivity contribution is 0.103. The van der Waals surface area contributed by atoms with Gasteiger partial charge in [0.1, 0.15) is 5.69 Å². The molecule has 4 rings (SSSR count). The highest BCUT2D eigenvalue weighted by atomic mass is 16.1. The van der Waals surface area contributed by atoms with E-state index in [0.717, 1.165) is 16.6 Å². The molecule has 0 unspecified atom stereocenters. The molecule has 4 nitrogen and oxygen atoms in total. The van der Waals surface area contributed by atoms with E-state index in [4.69, 9.17) is 5.73 Å². The fourth-order valence-corrected chi connectivity index (χ4v) is 2.36. The van der Waals surface area contributed by atoms with Gasteiger partial charge in [-0.15, -0.1) is 0 Å². The molecular formula is C21H17N3O. The number of aromatic nitrogens is 2. The van der Waals surface area contributed by atoms with Gasteiger partial charge in [-0.1, -0.05) is 54.6 Å². The van der Waals surface area contributed by atoms with E-state index < -0.39 is 0 Å². The molecule has 0 bridgehead atoms. The summed E-state index contributed by atoms with van der Waals surface area (Å²) in [6.07, 6.45) is 3.37. The third-order valence-corrected chi connectivity index (χ3v) is 3.60. The standard InChI is InChI=1S/C12H9NO.C9H8N2/c14-12(10-6-2-1-3-7-10)11-8-4-5-9-13-11;10-8-5-1-3-7-4-2-6-11-9(7)8/h1-9H;1-6H,10H2. The summed E-state index contributed by atoms with van der Waals surface area (Å²) in [6, 6.07) is 24.2. The molecule has 0 saturated heterocycles. The highest BCUT2D eigenvalue weighted by Crippen LogP contribution is 2.16. The molecule has 0 amide bonds. The van der Waals surface area contributed by atoms with E-state index >= 15 is 0 Å². The molecular weight excluding hydrogens is 310 g/mol. The van der Waals surface area contributed by atoms with Gasteiger partial charge in [-0.2, -0.15) is 0 Å². The Morgan fingerprint density at radius 3 is 2.16 bits per heavy atom. The number of rotatable bonds is 2. The van der Waals surface area contributed by atoms with Crippen molar-refractivity contribution in [3.63, 3.8) is 0 Å². The first-order valence-corrected chi connectivity index (χ1v) is 7.86. The predicted molar refractivity (Wildman–Crippen MR) is 100 cm³/mol. The van der Waals surface area contributed by atoms with Crippen LogP contribution in [0, 0.1) is 0 Å². The van der Waals surface area contributed by atoms with Gasteiger partial charge >= 0.3 is 0 Å². The number of benzene rings is 2. The van der Waals surface area contributed by atoms with Crippen LogP contribution in [0.25, 0.3) is 10.9 Å². The molecule has 0 spiro atoms. The monoisotopic (exact) mass is 327 g/mol. The van der Waals surface area contributed by atoms with Crippen molar-refractivity contribution in [2.24, 2.45) is 0 Å². The van der Waals surface area contributed by atoms with E-state index in [0.29, 0.717) is 11.3 Å². The number of fused-ring (bicyclic) bond motifs is 1. The second-order valence-electron chi connectivity index (χ2n) is 5.33. The Balaban J connectivity index is 0.000000150. The number of anilines is 1. The largest absolute Gasteiger partial charge is 0.397 e. The molecule has 0 saturated carbocycles. The molecule has 0 fully saturated rings. The Labute approximate surface area is 146 Å². The maximum absolute atomic E-state index is 11.8. The quantitative estimate of drug-likeness (QED) is 0.444. The van der Waals surface area contributed by atoms with Gasteiger partial charge in [-0.3, -0.25) is 14.8 Å². The van der Waals surface area contributed by atoms with Crippen LogP contribution >= 0.6 is 0 Å². The smallest absolute Gasteiger partial charge is 0.211 e. The van der Waals surface area contributed by atoms with Gasteiger partial charge in [0.15, 0.2) is 0 Å². The Morgan fingerprint density at radius 1 is 0.720 bits per heavy atom. The minimum absolute atomic E-state index is 0.0359. The first-order chi connectivity index (χ1) is 12.3. The van der Waals surface area contributed by atoms with Gasteiger partial charge in [-0.05, 0) is 24.3 Å². The van der Waals surface area contributed by atoms with Gasteiger partial charge in [0, 0.05) is 23.3 Å². The summed E-state index contributed by atoms with van der Waals surface area (Å²) >= 11 is 0. The maximum atomic E-state index is 11.8. The summed E-state index contributed by atoms with van der Waals surface area (Å²) in [5.74, 6) is -0.0359. The summed E-state index contributed by atoms with van der Waals surface area (Å²) in [5, 5.41) is 1.09. The van der Waals surface area contributed by atoms with Gasteiger partial charge in [-0.25, -0.2) is 0 Å². The molecule has 122 valence electrons. The molecule has 4 aromatic rings.